The van der Waals surface area contributed by atoms with Gasteiger partial charge >= 0.3 is 5.97 Å². The molecule has 0 saturated carbocycles. The summed E-state index contributed by atoms with van der Waals surface area (Å²) >= 11 is 0. The molecule has 82 valence electrons. The van der Waals surface area contributed by atoms with Gasteiger partial charge in [-0.25, -0.2) is 0 Å². The molecule has 3 atom stereocenters. The minimum atomic E-state index is -0.727. The van der Waals surface area contributed by atoms with Crippen LogP contribution in [-0.2, 0) is 11.2 Å². The largest absolute Gasteiger partial charge is 0.481 e. The summed E-state index contributed by atoms with van der Waals surface area (Å²) in [5, 5.41) is 16.1. The van der Waals surface area contributed by atoms with Gasteiger partial charge in [0, 0.05) is 11.6 Å². The molecule has 2 N–H and O–H groups in total. The molecule has 0 bridgehead atoms. The van der Waals surface area contributed by atoms with Crippen molar-refractivity contribution in [3.63, 3.8) is 0 Å². The molecular formula is C11H16N2O2. The van der Waals surface area contributed by atoms with E-state index in [1.807, 2.05) is 6.20 Å². The van der Waals surface area contributed by atoms with Gasteiger partial charge in [0.1, 0.15) is 0 Å². The minimum Gasteiger partial charge on any atom is -0.481 e. The van der Waals surface area contributed by atoms with Gasteiger partial charge in [-0.2, -0.15) is 5.10 Å². The van der Waals surface area contributed by atoms with Gasteiger partial charge < -0.3 is 5.11 Å². The highest BCUT2D eigenvalue weighted by molar-refractivity contribution is 5.71. The van der Waals surface area contributed by atoms with Crippen LogP contribution in [0.3, 0.4) is 0 Å². The molecule has 0 amide bonds. The Hall–Kier alpha value is -1.32. The van der Waals surface area contributed by atoms with E-state index in [0.717, 1.165) is 18.5 Å². The van der Waals surface area contributed by atoms with Gasteiger partial charge in [0.25, 0.3) is 0 Å². The summed E-state index contributed by atoms with van der Waals surface area (Å²) in [4.78, 5) is 11.0. The number of rotatable bonds is 2. The molecule has 1 aliphatic carbocycles. The number of hydrogen-bond donors (Lipinski definition) is 2. The van der Waals surface area contributed by atoms with E-state index >= 15 is 0 Å². The second-order valence-electron chi connectivity index (χ2n) is 4.48. The van der Waals surface area contributed by atoms with Crippen LogP contribution in [0, 0.1) is 11.8 Å². The molecule has 1 aromatic heterocycles. The lowest BCUT2D eigenvalue weighted by Gasteiger charge is -2.31. The van der Waals surface area contributed by atoms with E-state index < -0.39 is 5.97 Å². The molecule has 4 nitrogen and oxygen atoms in total. The Kier molecular flexibility index (Phi) is 2.50. The summed E-state index contributed by atoms with van der Waals surface area (Å²) < 4.78 is 0. The smallest absolute Gasteiger partial charge is 0.306 e. The number of H-pyrrole nitrogens is 1. The first kappa shape index (κ1) is 10.2. The molecule has 2 rings (SSSR count). The quantitative estimate of drug-likeness (QED) is 0.778. The molecule has 15 heavy (non-hydrogen) atoms. The van der Waals surface area contributed by atoms with Crippen LogP contribution in [0.5, 0.6) is 0 Å². The SMILES string of the molecule is CC1CCc2cn[nH]c2C1C(C)C(=O)O. The zero-order valence-electron chi connectivity index (χ0n) is 9.03. The normalized spacial score (nSPS) is 27.1. The van der Waals surface area contributed by atoms with Gasteiger partial charge in [-0.1, -0.05) is 13.8 Å². The second kappa shape index (κ2) is 3.68. The topological polar surface area (TPSA) is 66.0 Å². The first-order valence-electron chi connectivity index (χ1n) is 5.36. The molecule has 0 fully saturated rings. The summed E-state index contributed by atoms with van der Waals surface area (Å²) in [5.41, 5.74) is 2.22. The summed E-state index contributed by atoms with van der Waals surface area (Å²) in [6, 6.07) is 0. The van der Waals surface area contributed by atoms with Crippen molar-refractivity contribution in [1.82, 2.24) is 10.2 Å². The van der Waals surface area contributed by atoms with Gasteiger partial charge in [0.05, 0.1) is 12.1 Å². The molecule has 0 aromatic carbocycles. The van der Waals surface area contributed by atoms with Crippen LogP contribution in [-0.4, -0.2) is 21.3 Å². The number of aryl methyl sites for hydroxylation is 1. The van der Waals surface area contributed by atoms with Crippen LogP contribution in [0.2, 0.25) is 0 Å². The Morgan fingerprint density at radius 1 is 1.73 bits per heavy atom. The number of fused-ring (bicyclic) bond motifs is 1. The zero-order chi connectivity index (χ0) is 11.0. The molecular weight excluding hydrogens is 192 g/mol. The molecule has 0 radical (unpaired) electrons. The van der Waals surface area contributed by atoms with Crippen molar-refractivity contribution in [3.8, 4) is 0 Å². The van der Waals surface area contributed by atoms with Gasteiger partial charge in [-0.3, -0.25) is 9.89 Å². The standard InChI is InChI=1S/C11H16N2O2/c1-6-3-4-8-5-12-13-10(8)9(6)7(2)11(14)15/h5-7,9H,3-4H2,1-2H3,(H,12,13)(H,14,15). The Labute approximate surface area is 88.7 Å². The van der Waals surface area contributed by atoms with Crippen LogP contribution in [0.25, 0.3) is 0 Å². The lowest BCUT2D eigenvalue weighted by atomic mass is 9.73. The van der Waals surface area contributed by atoms with Gasteiger partial charge in [-0.05, 0) is 24.3 Å². The molecule has 4 heteroatoms. The lowest BCUT2D eigenvalue weighted by molar-refractivity contribution is -0.142. The number of carboxylic acids is 1. The number of nitrogens with zero attached hydrogens (tertiary/aromatic N) is 1. The van der Waals surface area contributed by atoms with Crippen LogP contribution < -0.4 is 0 Å². The third kappa shape index (κ3) is 1.64. The van der Waals surface area contributed by atoms with Crippen LogP contribution >= 0.6 is 0 Å². The first-order valence-corrected chi connectivity index (χ1v) is 5.36. The molecule has 0 aliphatic heterocycles. The maximum Gasteiger partial charge on any atom is 0.306 e. The summed E-state index contributed by atoms with van der Waals surface area (Å²) in [5.74, 6) is -0.591. The van der Waals surface area contributed by atoms with Gasteiger partial charge in [0.2, 0.25) is 0 Å². The fourth-order valence-corrected chi connectivity index (χ4v) is 2.55. The van der Waals surface area contributed by atoms with E-state index in [0.29, 0.717) is 5.92 Å². The Morgan fingerprint density at radius 2 is 2.47 bits per heavy atom. The van der Waals surface area contributed by atoms with Crippen molar-refractivity contribution in [2.75, 3.05) is 0 Å². The number of aliphatic carboxylic acids is 1. The minimum absolute atomic E-state index is 0.0775. The van der Waals surface area contributed by atoms with Crippen LogP contribution in [0.15, 0.2) is 6.20 Å². The molecule has 1 aliphatic rings. The van der Waals surface area contributed by atoms with Crippen molar-refractivity contribution in [3.05, 3.63) is 17.5 Å². The number of aromatic nitrogens is 2. The fraction of sp³-hybridized carbons (Fsp3) is 0.636. The Balaban J connectivity index is 2.35. The predicted octanol–water partition coefficient (Wildman–Crippen LogP) is 1.80. The number of carboxylic acid groups (broad SMARTS) is 1. The van der Waals surface area contributed by atoms with Crippen molar-refractivity contribution < 1.29 is 9.90 Å². The van der Waals surface area contributed by atoms with Gasteiger partial charge in [0.15, 0.2) is 0 Å². The number of aromatic amines is 1. The lowest BCUT2D eigenvalue weighted by Crippen LogP contribution is -2.28. The fourth-order valence-electron chi connectivity index (χ4n) is 2.55. The molecule has 3 unspecified atom stereocenters. The number of nitrogens with one attached hydrogen (secondary N) is 1. The highest BCUT2D eigenvalue weighted by Gasteiger charge is 2.35. The Bertz CT molecular complexity index is 372. The average molecular weight is 208 g/mol. The first-order chi connectivity index (χ1) is 7.11. The maximum atomic E-state index is 11.0. The number of hydrogen-bond acceptors (Lipinski definition) is 2. The molecule has 1 heterocycles. The van der Waals surface area contributed by atoms with Crippen LogP contribution in [0.4, 0.5) is 0 Å². The average Bonchev–Trinajstić information content (AvgIpc) is 2.64. The summed E-state index contributed by atoms with van der Waals surface area (Å²) in [6.07, 6.45) is 3.88. The van der Waals surface area contributed by atoms with E-state index in [9.17, 15) is 4.79 Å². The third-order valence-corrected chi connectivity index (χ3v) is 3.49. The van der Waals surface area contributed by atoms with Crippen molar-refractivity contribution in [2.45, 2.75) is 32.6 Å². The maximum absolute atomic E-state index is 11.0. The van der Waals surface area contributed by atoms with Crippen molar-refractivity contribution in [1.29, 1.82) is 0 Å². The monoisotopic (exact) mass is 208 g/mol. The Morgan fingerprint density at radius 3 is 3.13 bits per heavy atom. The highest BCUT2D eigenvalue weighted by atomic mass is 16.4. The molecule has 0 spiro atoms. The highest BCUT2D eigenvalue weighted by Crippen LogP contribution is 2.39. The van der Waals surface area contributed by atoms with Crippen molar-refractivity contribution in [2.24, 2.45) is 11.8 Å². The van der Waals surface area contributed by atoms with E-state index in [1.165, 1.54) is 5.56 Å². The van der Waals surface area contributed by atoms with Crippen molar-refractivity contribution >= 4 is 5.97 Å². The second-order valence-corrected chi connectivity index (χ2v) is 4.48. The van der Waals surface area contributed by atoms with E-state index in [2.05, 4.69) is 17.1 Å². The molecule has 1 aromatic rings. The van der Waals surface area contributed by atoms with E-state index in [-0.39, 0.29) is 11.8 Å². The van der Waals surface area contributed by atoms with Gasteiger partial charge in [-0.15, -0.1) is 0 Å². The van der Waals surface area contributed by atoms with E-state index in [1.54, 1.807) is 6.92 Å². The predicted molar refractivity (Wildman–Crippen MR) is 55.6 cm³/mol. The van der Waals surface area contributed by atoms with E-state index in [4.69, 9.17) is 5.11 Å². The molecule has 0 saturated heterocycles. The third-order valence-electron chi connectivity index (χ3n) is 3.49. The van der Waals surface area contributed by atoms with Crippen LogP contribution in [0.1, 0.15) is 37.4 Å². The zero-order valence-corrected chi connectivity index (χ0v) is 9.03. The summed E-state index contributed by atoms with van der Waals surface area (Å²) in [7, 11) is 0. The summed E-state index contributed by atoms with van der Waals surface area (Å²) in [6.45, 7) is 3.90. The number of carbonyl (C=O) groups is 1.